The number of benzene rings is 2. The SMILES string of the molecule is Cc1ccc(-c2nc(CCOc3cccc4c3CCC=C4CCC(N)C=O)c(C)o2)cc1. The highest BCUT2D eigenvalue weighted by molar-refractivity contribution is 5.72. The zero-order valence-electron chi connectivity index (χ0n) is 18.8. The number of hydrogen-bond donors (Lipinski definition) is 1. The third kappa shape index (κ3) is 5.00. The summed E-state index contributed by atoms with van der Waals surface area (Å²) in [5.41, 5.74) is 12.6. The summed E-state index contributed by atoms with van der Waals surface area (Å²) in [4.78, 5) is 15.5. The zero-order chi connectivity index (χ0) is 22.5. The molecule has 1 aliphatic carbocycles. The number of carbonyl (C=O) groups is 1. The molecule has 3 aromatic rings. The number of hydrogen-bond acceptors (Lipinski definition) is 5. The van der Waals surface area contributed by atoms with Gasteiger partial charge in [0.1, 0.15) is 17.8 Å². The quantitative estimate of drug-likeness (QED) is 0.471. The molecule has 1 aromatic heterocycles. The first-order valence-corrected chi connectivity index (χ1v) is 11.2. The summed E-state index contributed by atoms with van der Waals surface area (Å²) in [5.74, 6) is 2.40. The minimum atomic E-state index is -0.406. The van der Waals surface area contributed by atoms with Crippen LogP contribution in [0.3, 0.4) is 0 Å². The van der Waals surface area contributed by atoms with Crippen LogP contribution in [0.4, 0.5) is 0 Å². The van der Waals surface area contributed by atoms with Crippen LogP contribution in [0.1, 0.15) is 47.4 Å². The molecule has 1 aliphatic rings. The van der Waals surface area contributed by atoms with Crippen molar-refractivity contribution >= 4 is 11.9 Å². The van der Waals surface area contributed by atoms with Crippen molar-refractivity contribution in [2.45, 2.75) is 52.0 Å². The molecule has 2 N–H and O–H groups in total. The number of aldehydes is 1. The van der Waals surface area contributed by atoms with E-state index in [1.165, 1.54) is 22.3 Å². The van der Waals surface area contributed by atoms with Gasteiger partial charge in [-0.15, -0.1) is 0 Å². The molecule has 2 aromatic carbocycles. The summed E-state index contributed by atoms with van der Waals surface area (Å²) in [6.45, 7) is 4.55. The lowest BCUT2D eigenvalue weighted by Crippen LogP contribution is -2.21. The van der Waals surface area contributed by atoms with Crippen molar-refractivity contribution in [3.63, 3.8) is 0 Å². The Kier molecular flexibility index (Phi) is 6.86. The number of nitrogens with zero attached hydrogens (tertiary/aromatic N) is 1. The predicted molar refractivity (Wildman–Crippen MR) is 127 cm³/mol. The van der Waals surface area contributed by atoms with Crippen molar-refractivity contribution in [1.29, 1.82) is 0 Å². The lowest BCUT2D eigenvalue weighted by atomic mass is 9.87. The number of aryl methyl sites for hydroxylation is 2. The minimum Gasteiger partial charge on any atom is -0.493 e. The van der Waals surface area contributed by atoms with Crippen LogP contribution in [0.15, 0.2) is 53.0 Å². The van der Waals surface area contributed by atoms with Crippen molar-refractivity contribution in [1.82, 2.24) is 4.98 Å². The number of fused-ring (bicyclic) bond motifs is 1. The van der Waals surface area contributed by atoms with Gasteiger partial charge in [0.25, 0.3) is 0 Å². The molecule has 0 aliphatic heterocycles. The second kappa shape index (κ2) is 9.96. The van der Waals surface area contributed by atoms with E-state index in [4.69, 9.17) is 19.9 Å². The monoisotopic (exact) mass is 430 g/mol. The van der Waals surface area contributed by atoms with Gasteiger partial charge in [0.05, 0.1) is 18.3 Å². The molecule has 1 heterocycles. The molecular formula is C27H30N2O3. The maximum absolute atomic E-state index is 10.9. The van der Waals surface area contributed by atoms with Crippen molar-refractivity contribution in [2.24, 2.45) is 5.73 Å². The van der Waals surface area contributed by atoms with Crippen LogP contribution in [0.25, 0.3) is 17.0 Å². The Labute approximate surface area is 189 Å². The third-order valence-corrected chi connectivity index (χ3v) is 5.97. The molecule has 0 spiro atoms. The van der Waals surface area contributed by atoms with Gasteiger partial charge in [-0.25, -0.2) is 4.98 Å². The van der Waals surface area contributed by atoms with E-state index in [1.807, 2.05) is 31.2 Å². The molecule has 4 rings (SSSR count). The van der Waals surface area contributed by atoms with Gasteiger partial charge in [-0.1, -0.05) is 35.9 Å². The van der Waals surface area contributed by atoms with Gasteiger partial charge in [-0.2, -0.15) is 0 Å². The van der Waals surface area contributed by atoms with Crippen LogP contribution >= 0.6 is 0 Å². The second-order valence-electron chi connectivity index (χ2n) is 8.38. The Hall–Kier alpha value is -3.18. The van der Waals surface area contributed by atoms with Gasteiger partial charge in [-0.05, 0) is 68.9 Å². The topological polar surface area (TPSA) is 78.4 Å². The van der Waals surface area contributed by atoms with Crippen molar-refractivity contribution in [2.75, 3.05) is 6.61 Å². The molecule has 0 saturated carbocycles. The largest absolute Gasteiger partial charge is 0.493 e. The number of oxazole rings is 1. The Morgan fingerprint density at radius 1 is 1.16 bits per heavy atom. The van der Waals surface area contributed by atoms with Crippen molar-refractivity contribution in [3.05, 3.63) is 76.7 Å². The summed E-state index contributed by atoms with van der Waals surface area (Å²) in [6.07, 6.45) is 7.15. The summed E-state index contributed by atoms with van der Waals surface area (Å²) in [7, 11) is 0. The number of rotatable bonds is 9. The van der Waals surface area contributed by atoms with E-state index in [2.05, 4.69) is 31.2 Å². The molecule has 166 valence electrons. The minimum absolute atomic E-state index is 0.406. The molecule has 1 unspecified atom stereocenters. The molecular weight excluding hydrogens is 400 g/mol. The molecule has 0 radical (unpaired) electrons. The fourth-order valence-electron chi connectivity index (χ4n) is 4.12. The van der Waals surface area contributed by atoms with Gasteiger partial charge in [-0.3, -0.25) is 0 Å². The van der Waals surface area contributed by atoms with E-state index >= 15 is 0 Å². The average Bonchev–Trinajstić information content (AvgIpc) is 3.18. The third-order valence-electron chi connectivity index (χ3n) is 5.97. The van der Waals surface area contributed by atoms with Gasteiger partial charge < -0.3 is 19.7 Å². The first-order valence-electron chi connectivity index (χ1n) is 11.2. The normalized spacial score (nSPS) is 13.9. The maximum Gasteiger partial charge on any atom is 0.226 e. The van der Waals surface area contributed by atoms with E-state index in [0.717, 1.165) is 48.3 Å². The molecule has 0 fully saturated rings. The molecule has 32 heavy (non-hydrogen) atoms. The first-order chi connectivity index (χ1) is 15.5. The molecule has 5 heteroatoms. The lowest BCUT2D eigenvalue weighted by Gasteiger charge is -2.21. The van der Waals surface area contributed by atoms with Gasteiger partial charge in [0.2, 0.25) is 5.89 Å². The van der Waals surface area contributed by atoms with Gasteiger partial charge >= 0.3 is 0 Å². The van der Waals surface area contributed by atoms with Crippen molar-refractivity contribution < 1.29 is 13.9 Å². The zero-order valence-corrected chi connectivity index (χ0v) is 18.8. The van der Waals surface area contributed by atoms with Crippen LogP contribution in [0.2, 0.25) is 0 Å². The standard InChI is InChI=1S/C27H30N2O3/c1-18-9-11-21(12-10-18)27-29-25(19(2)32-27)15-16-31-26-8-4-6-23-20(5-3-7-24(23)26)13-14-22(28)17-30/h4-6,8-12,17,22H,3,7,13-16,28H2,1-2H3. The summed E-state index contributed by atoms with van der Waals surface area (Å²) < 4.78 is 12.1. The molecule has 5 nitrogen and oxygen atoms in total. The van der Waals surface area contributed by atoms with E-state index in [9.17, 15) is 4.79 Å². The Morgan fingerprint density at radius 2 is 1.97 bits per heavy atom. The highest BCUT2D eigenvalue weighted by Crippen LogP contribution is 2.35. The molecule has 0 saturated heterocycles. The smallest absolute Gasteiger partial charge is 0.226 e. The van der Waals surface area contributed by atoms with E-state index in [0.29, 0.717) is 25.3 Å². The van der Waals surface area contributed by atoms with Crippen LogP contribution in [0.5, 0.6) is 5.75 Å². The Morgan fingerprint density at radius 3 is 2.75 bits per heavy atom. The first kappa shape index (κ1) is 22.0. The summed E-state index contributed by atoms with van der Waals surface area (Å²) >= 11 is 0. The Bertz CT molecular complexity index is 1110. The van der Waals surface area contributed by atoms with Gasteiger partial charge in [0.15, 0.2) is 0 Å². The van der Waals surface area contributed by atoms with E-state index in [-0.39, 0.29) is 0 Å². The number of allylic oxidation sites excluding steroid dienone is 2. The van der Waals surface area contributed by atoms with Gasteiger partial charge in [0, 0.05) is 17.5 Å². The van der Waals surface area contributed by atoms with Crippen LogP contribution in [0, 0.1) is 13.8 Å². The van der Waals surface area contributed by atoms with E-state index in [1.54, 1.807) is 0 Å². The van der Waals surface area contributed by atoms with Crippen LogP contribution in [-0.4, -0.2) is 23.9 Å². The number of carbonyl (C=O) groups excluding carboxylic acids is 1. The number of aromatic nitrogens is 1. The van der Waals surface area contributed by atoms with Crippen LogP contribution in [-0.2, 0) is 17.6 Å². The average molecular weight is 431 g/mol. The summed E-state index contributed by atoms with van der Waals surface area (Å²) in [6, 6.07) is 14.0. The predicted octanol–water partition coefficient (Wildman–Crippen LogP) is 5.22. The molecule has 0 amide bonds. The highest BCUT2D eigenvalue weighted by atomic mass is 16.5. The number of ether oxygens (including phenoxy) is 1. The number of nitrogens with two attached hydrogens (primary N) is 1. The summed E-state index contributed by atoms with van der Waals surface area (Å²) in [5, 5.41) is 0. The van der Waals surface area contributed by atoms with E-state index < -0.39 is 6.04 Å². The lowest BCUT2D eigenvalue weighted by molar-refractivity contribution is -0.109. The molecule has 1 atom stereocenters. The Balaban J connectivity index is 1.42. The fourth-order valence-corrected chi connectivity index (χ4v) is 4.12. The second-order valence-corrected chi connectivity index (χ2v) is 8.38. The highest BCUT2D eigenvalue weighted by Gasteiger charge is 2.18. The fraction of sp³-hybridized carbons (Fsp3) is 0.333. The van der Waals surface area contributed by atoms with Crippen molar-refractivity contribution in [3.8, 4) is 17.2 Å². The molecule has 0 bridgehead atoms. The maximum atomic E-state index is 10.9. The van der Waals surface area contributed by atoms with Crippen LogP contribution < -0.4 is 10.5 Å².